The molecule has 0 saturated heterocycles. The molecule has 2 amide bonds. The van der Waals surface area contributed by atoms with Crippen LogP contribution in [0.25, 0.3) is 0 Å². The van der Waals surface area contributed by atoms with Gasteiger partial charge in [-0.3, -0.25) is 9.59 Å². The molecular weight excluding hydrogens is 429 g/mol. The van der Waals surface area contributed by atoms with Crippen LogP contribution in [0.15, 0.2) is 52.0 Å². The summed E-state index contributed by atoms with van der Waals surface area (Å²) in [6.45, 7) is 0. The number of halogens is 3. The second kappa shape index (κ2) is 9.56. The molecule has 2 rings (SSSR count). The van der Waals surface area contributed by atoms with Crippen molar-refractivity contribution in [3.05, 3.63) is 62.5 Å². The van der Waals surface area contributed by atoms with E-state index in [0.717, 1.165) is 4.47 Å². The Morgan fingerprint density at radius 1 is 1.08 bits per heavy atom. The third-order valence-corrected chi connectivity index (χ3v) is 4.10. The van der Waals surface area contributed by atoms with Gasteiger partial charge in [0.2, 0.25) is 11.8 Å². The minimum Gasteiger partial charge on any atom is -0.326 e. The van der Waals surface area contributed by atoms with Crippen molar-refractivity contribution in [2.24, 2.45) is 5.10 Å². The summed E-state index contributed by atoms with van der Waals surface area (Å²) < 4.78 is 0.859. The topological polar surface area (TPSA) is 70.6 Å². The van der Waals surface area contributed by atoms with Gasteiger partial charge in [-0.15, -0.1) is 0 Å². The number of carbonyl (C=O) groups excluding carboxylic acids is 2. The number of rotatable bonds is 6. The molecule has 0 radical (unpaired) electrons. The van der Waals surface area contributed by atoms with Crippen LogP contribution in [0, 0.1) is 0 Å². The average molecular weight is 443 g/mol. The Bertz CT molecular complexity index is 812. The summed E-state index contributed by atoms with van der Waals surface area (Å²) in [6.07, 6.45) is 1.49. The summed E-state index contributed by atoms with van der Waals surface area (Å²) in [7, 11) is 0. The molecule has 0 unspecified atom stereocenters. The predicted molar refractivity (Wildman–Crippen MR) is 104 cm³/mol. The highest BCUT2D eigenvalue weighted by Gasteiger charge is 2.07. The Morgan fingerprint density at radius 2 is 1.84 bits per heavy atom. The second-order valence-corrected chi connectivity index (χ2v) is 6.78. The van der Waals surface area contributed by atoms with E-state index < -0.39 is 0 Å². The van der Waals surface area contributed by atoms with Crippen LogP contribution in [-0.2, 0) is 9.59 Å². The standard InChI is InChI=1S/C17H14BrCl2N3O2/c18-12-2-1-3-14(8-12)22-16(24)6-7-17(25)23-21-10-11-4-5-13(19)9-15(11)20/h1-5,8-10H,6-7H2,(H,22,24)(H,23,25). The lowest BCUT2D eigenvalue weighted by molar-refractivity contribution is -0.124. The van der Waals surface area contributed by atoms with Gasteiger partial charge in [0, 0.05) is 33.6 Å². The first-order valence-corrected chi connectivity index (χ1v) is 8.81. The van der Waals surface area contributed by atoms with Crippen molar-refractivity contribution in [3.8, 4) is 0 Å². The molecule has 130 valence electrons. The van der Waals surface area contributed by atoms with Crippen LogP contribution in [0.3, 0.4) is 0 Å². The Balaban J connectivity index is 1.76. The van der Waals surface area contributed by atoms with Gasteiger partial charge in [0.15, 0.2) is 0 Å². The number of hydrazone groups is 1. The molecule has 0 aliphatic carbocycles. The Labute approximate surface area is 163 Å². The summed E-state index contributed by atoms with van der Waals surface area (Å²) in [5.74, 6) is -0.622. The highest BCUT2D eigenvalue weighted by molar-refractivity contribution is 9.10. The van der Waals surface area contributed by atoms with Crippen molar-refractivity contribution in [1.82, 2.24) is 5.43 Å². The zero-order valence-electron chi connectivity index (χ0n) is 12.9. The second-order valence-electron chi connectivity index (χ2n) is 5.02. The van der Waals surface area contributed by atoms with Crippen molar-refractivity contribution in [3.63, 3.8) is 0 Å². The summed E-state index contributed by atoms with van der Waals surface area (Å²) in [5, 5.41) is 7.48. The summed E-state index contributed by atoms with van der Waals surface area (Å²) in [5.41, 5.74) is 3.64. The van der Waals surface area contributed by atoms with Crippen molar-refractivity contribution in [1.29, 1.82) is 0 Å². The maximum Gasteiger partial charge on any atom is 0.240 e. The van der Waals surface area contributed by atoms with E-state index in [1.165, 1.54) is 6.21 Å². The van der Waals surface area contributed by atoms with Crippen molar-refractivity contribution in [2.75, 3.05) is 5.32 Å². The molecule has 0 aromatic heterocycles. The Kier molecular flexibility index (Phi) is 7.43. The molecule has 25 heavy (non-hydrogen) atoms. The van der Waals surface area contributed by atoms with Gasteiger partial charge in [0.05, 0.1) is 11.2 Å². The molecule has 0 saturated carbocycles. The zero-order chi connectivity index (χ0) is 18.2. The number of nitrogens with one attached hydrogen (secondary N) is 2. The largest absolute Gasteiger partial charge is 0.326 e. The molecule has 2 aromatic rings. The fraction of sp³-hybridized carbons (Fsp3) is 0.118. The molecule has 8 heteroatoms. The van der Waals surface area contributed by atoms with Crippen molar-refractivity contribution >= 4 is 62.8 Å². The quantitative estimate of drug-likeness (QED) is 0.505. The third kappa shape index (κ3) is 6.86. The van der Waals surface area contributed by atoms with Crippen LogP contribution in [0.4, 0.5) is 5.69 Å². The fourth-order valence-electron chi connectivity index (χ4n) is 1.85. The van der Waals surface area contributed by atoms with E-state index in [-0.39, 0.29) is 24.7 Å². The van der Waals surface area contributed by atoms with E-state index in [9.17, 15) is 9.59 Å². The third-order valence-electron chi connectivity index (χ3n) is 3.04. The lowest BCUT2D eigenvalue weighted by atomic mass is 10.2. The number of amides is 2. The highest BCUT2D eigenvalue weighted by Crippen LogP contribution is 2.19. The Hall–Kier alpha value is -1.89. The zero-order valence-corrected chi connectivity index (χ0v) is 16.0. The van der Waals surface area contributed by atoms with Gasteiger partial charge >= 0.3 is 0 Å². The normalized spacial score (nSPS) is 10.7. The van der Waals surface area contributed by atoms with Gasteiger partial charge in [0.1, 0.15) is 0 Å². The predicted octanol–water partition coefficient (Wildman–Crippen LogP) is 4.62. The first kappa shape index (κ1) is 19.4. The maximum atomic E-state index is 11.8. The average Bonchev–Trinajstić information content (AvgIpc) is 2.55. The lowest BCUT2D eigenvalue weighted by Gasteiger charge is -2.05. The molecule has 0 aliphatic heterocycles. The number of anilines is 1. The molecule has 0 aliphatic rings. The maximum absolute atomic E-state index is 11.8. The van der Waals surface area contributed by atoms with Gasteiger partial charge in [-0.1, -0.05) is 51.3 Å². The van der Waals surface area contributed by atoms with Gasteiger partial charge in [-0.2, -0.15) is 5.10 Å². The number of hydrogen-bond acceptors (Lipinski definition) is 3. The Morgan fingerprint density at radius 3 is 2.56 bits per heavy atom. The van der Waals surface area contributed by atoms with Gasteiger partial charge in [-0.05, 0) is 30.3 Å². The molecule has 0 bridgehead atoms. The van der Waals surface area contributed by atoms with Crippen LogP contribution in [0.1, 0.15) is 18.4 Å². The first-order valence-electron chi connectivity index (χ1n) is 7.26. The first-order chi connectivity index (χ1) is 11.9. The highest BCUT2D eigenvalue weighted by atomic mass is 79.9. The van der Waals surface area contributed by atoms with E-state index in [0.29, 0.717) is 21.3 Å². The monoisotopic (exact) mass is 441 g/mol. The van der Waals surface area contributed by atoms with Crippen molar-refractivity contribution in [2.45, 2.75) is 12.8 Å². The molecule has 5 nitrogen and oxygen atoms in total. The summed E-state index contributed by atoms with van der Waals surface area (Å²) in [4.78, 5) is 23.5. The smallest absolute Gasteiger partial charge is 0.240 e. The van der Waals surface area contributed by atoms with E-state index >= 15 is 0 Å². The molecule has 0 spiro atoms. The molecule has 0 heterocycles. The SMILES string of the molecule is O=C(CCC(=O)Nc1cccc(Br)c1)NN=Cc1ccc(Cl)cc1Cl. The summed E-state index contributed by atoms with van der Waals surface area (Å²) in [6, 6.07) is 12.1. The van der Waals surface area contributed by atoms with Crippen LogP contribution in [0.2, 0.25) is 10.0 Å². The van der Waals surface area contributed by atoms with Gasteiger partial charge < -0.3 is 5.32 Å². The van der Waals surface area contributed by atoms with Crippen LogP contribution >= 0.6 is 39.1 Å². The number of benzene rings is 2. The number of carbonyl (C=O) groups is 2. The number of hydrogen-bond donors (Lipinski definition) is 2. The lowest BCUT2D eigenvalue weighted by Crippen LogP contribution is -2.20. The van der Waals surface area contributed by atoms with Gasteiger partial charge in [0.25, 0.3) is 0 Å². The van der Waals surface area contributed by atoms with Crippen LogP contribution in [-0.4, -0.2) is 18.0 Å². The van der Waals surface area contributed by atoms with Crippen molar-refractivity contribution < 1.29 is 9.59 Å². The summed E-state index contributed by atoms with van der Waals surface area (Å²) >= 11 is 15.1. The molecule has 2 aromatic carbocycles. The molecule has 2 N–H and O–H groups in total. The number of nitrogens with zero attached hydrogens (tertiary/aromatic N) is 1. The minimum atomic E-state index is -0.370. The minimum absolute atomic E-state index is 0.0194. The van der Waals surface area contributed by atoms with E-state index in [4.69, 9.17) is 23.2 Å². The molecule has 0 fully saturated rings. The fourth-order valence-corrected chi connectivity index (χ4v) is 2.71. The van der Waals surface area contributed by atoms with Crippen LogP contribution in [0.5, 0.6) is 0 Å². The van der Waals surface area contributed by atoms with Gasteiger partial charge in [-0.25, -0.2) is 5.43 Å². The van der Waals surface area contributed by atoms with Crippen LogP contribution < -0.4 is 10.7 Å². The van der Waals surface area contributed by atoms with E-state index in [2.05, 4.69) is 31.8 Å². The van der Waals surface area contributed by atoms with E-state index in [1.54, 1.807) is 30.3 Å². The molecule has 0 atom stereocenters. The molecular formula is C17H14BrCl2N3O2. The van der Waals surface area contributed by atoms with E-state index in [1.807, 2.05) is 12.1 Å².